The van der Waals surface area contributed by atoms with Crippen molar-refractivity contribution in [2.45, 2.75) is 13.0 Å². The van der Waals surface area contributed by atoms with Crippen LogP contribution in [0.5, 0.6) is 0 Å². The number of amides is 1. The minimum atomic E-state index is -0.194. The van der Waals surface area contributed by atoms with Crippen LogP contribution in [-0.2, 0) is 6.54 Å². The third-order valence-electron chi connectivity index (χ3n) is 3.74. The van der Waals surface area contributed by atoms with Crippen LogP contribution in [0.4, 0.5) is 5.95 Å². The molecule has 1 aliphatic rings. The molecule has 114 valence electrons. The Bertz CT molecular complexity index is 846. The molecule has 0 N–H and O–H groups in total. The number of benzene rings is 1. The average molecular weight is 307 g/mol. The first-order valence-electron chi connectivity index (χ1n) is 7.28. The highest BCUT2D eigenvalue weighted by Gasteiger charge is 2.28. The maximum atomic E-state index is 13.0. The Hall–Kier alpha value is -3.16. The van der Waals surface area contributed by atoms with Crippen LogP contribution in [0.1, 0.15) is 16.8 Å². The molecule has 0 saturated carbocycles. The number of tetrazole rings is 1. The van der Waals surface area contributed by atoms with E-state index in [0.29, 0.717) is 30.3 Å². The van der Waals surface area contributed by atoms with Crippen LogP contribution in [0.2, 0.25) is 0 Å². The van der Waals surface area contributed by atoms with E-state index in [1.807, 2.05) is 30.3 Å². The number of aryl methyl sites for hydroxylation is 1. The number of carbonyl (C=O) groups excluding carboxylic acids is 1. The molecule has 0 spiro atoms. The van der Waals surface area contributed by atoms with Crippen LogP contribution in [0.15, 0.2) is 42.9 Å². The van der Waals surface area contributed by atoms with E-state index in [-0.39, 0.29) is 5.91 Å². The molecule has 0 radical (unpaired) electrons. The molecular weight excluding hydrogens is 294 g/mol. The van der Waals surface area contributed by atoms with Gasteiger partial charge in [0.2, 0.25) is 0 Å². The van der Waals surface area contributed by atoms with Gasteiger partial charge in [0, 0.05) is 24.8 Å². The molecule has 3 aromatic rings. The molecule has 0 saturated heterocycles. The van der Waals surface area contributed by atoms with E-state index in [4.69, 9.17) is 0 Å². The fourth-order valence-electron chi connectivity index (χ4n) is 2.67. The first-order chi connectivity index (χ1) is 11.3. The van der Waals surface area contributed by atoms with Crippen LogP contribution in [-0.4, -0.2) is 42.6 Å². The summed E-state index contributed by atoms with van der Waals surface area (Å²) in [5.74, 6) is 0.268. The summed E-state index contributed by atoms with van der Waals surface area (Å²) in [5.41, 5.74) is 1.92. The number of hydrogen-bond donors (Lipinski definition) is 0. The molecular formula is C15H13N7O. The molecule has 0 atom stereocenters. The lowest BCUT2D eigenvalue weighted by molar-refractivity contribution is 0.0980. The van der Waals surface area contributed by atoms with Crippen molar-refractivity contribution in [3.8, 4) is 11.3 Å². The Kier molecular flexibility index (Phi) is 3.26. The van der Waals surface area contributed by atoms with Crippen LogP contribution in [0.25, 0.3) is 11.3 Å². The minimum absolute atomic E-state index is 0.194. The topological polar surface area (TPSA) is 89.7 Å². The maximum Gasteiger partial charge on any atom is 0.264 e. The van der Waals surface area contributed by atoms with Crippen LogP contribution in [0, 0.1) is 0 Å². The standard InChI is InChI=1S/C15H13N7O/c23-14(21-7-4-8-22-15(21)18-19-20-22)12-9-16-10-17-13(12)11-5-2-1-3-6-11/h1-3,5-6,9-10H,4,7-8H2. The molecule has 0 unspecified atom stereocenters. The SMILES string of the molecule is O=C(c1cncnc1-c1ccccc1)N1CCCn2nnnc21. The predicted octanol–water partition coefficient (Wildman–Crippen LogP) is 1.18. The number of aromatic nitrogens is 6. The van der Waals surface area contributed by atoms with Crippen LogP contribution >= 0.6 is 0 Å². The Labute approximate surface area is 131 Å². The third-order valence-corrected chi connectivity index (χ3v) is 3.74. The monoisotopic (exact) mass is 307 g/mol. The molecule has 1 aliphatic heterocycles. The van der Waals surface area contributed by atoms with Crippen molar-refractivity contribution in [1.29, 1.82) is 0 Å². The molecule has 8 heteroatoms. The second-order valence-corrected chi connectivity index (χ2v) is 5.16. The third kappa shape index (κ3) is 2.33. The summed E-state index contributed by atoms with van der Waals surface area (Å²) < 4.78 is 1.63. The zero-order valence-corrected chi connectivity index (χ0v) is 12.2. The average Bonchev–Trinajstić information content (AvgIpc) is 3.10. The quantitative estimate of drug-likeness (QED) is 0.706. The fraction of sp³-hybridized carbons (Fsp3) is 0.200. The summed E-state index contributed by atoms with van der Waals surface area (Å²) in [6.45, 7) is 1.28. The highest BCUT2D eigenvalue weighted by molar-refractivity contribution is 6.08. The summed E-state index contributed by atoms with van der Waals surface area (Å²) in [6.07, 6.45) is 3.79. The van der Waals surface area contributed by atoms with Gasteiger partial charge in [0.1, 0.15) is 6.33 Å². The first-order valence-corrected chi connectivity index (χ1v) is 7.28. The second kappa shape index (κ2) is 5.56. The summed E-state index contributed by atoms with van der Waals surface area (Å²) >= 11 is 0. The zero-order chi connectivity index (χ0) is 15.6. The molecule has 0 aliphatic carbocycles. The van der Waals surface area contributed by atoms with Crippen molar-refractivity contribution in [1.82, 2.24) is 30.2 Å². The Balaban J connectivity index is 1.77. The highest BCUT2D eigenvalue weighted by atomic mass is 16.2. The van der Waals surface area contributed by atoms with Gasteiger partial charge in [-0.25, -0.2) is 14.6 Å². The maximum absolute atomic E-state index is 13.0. The zero-order valence-electron chi connectivity index (χ0n) is 12.2. The van der Waals surface area contributed by atoms with E-state index in [0.717, 1.165) is 12.0 Å². The number of fused-ring (bicyclic) bond motifs is 1. The fourth-order valence-corrected chi connectivity index (χ4v) is 2.67. The molecule has 3 heterocycles. The van der Waals surface area contributed by atoms with Crippen molar-refractivity contribution in [3.05, 3.63) is 48.4 Å². The van der Waals surface area contributed by atoms with E-state index >= 15 is 0 Å². The lowest BCUT2D eigenvalue weighted by Gasteiger charge is -2.25. The predicted molar refractivity (Wildman–Crippen MR) is 81.6 cm³/mol. The molecule has 23 heavy (non-hydrogen) atoms. The van der Waals surface area contributed by atoms with Crippen molar-refractivity contribution in [2.75, 3.05) is 11.4 Å². The van der Waals surface area contributed by atoms with Crippen LogP contribution in [0.3, 0.4) is 0 Å². The molecule has 8 nitrogen and oxygen atoms in total. The number of nitrogens with zero attached hydrogens (tertiary/aromatic N) is 7. The van der Waals surface area contributed by atoms with E-state index < -0.39 is 0 Å². The molecule has 1 aromatic carbocycles. The van der Waals surface area contributed by atoms with Gasteiger partial charge in [-0.1, -0.05) is 35.4 Å². The van der Waals surface area contributed by atoms with Gasteiger partial charge in [-0.15, -0.1) is 0 Å². The number of carbonyl (C=O) groups is 1. The van der Waals surface area contributed by atoms with Gasteiger partial charge in [0.05, 0.1) is 11.3 Å². The molecule has 0 fully saturated rings. The lowest BCUT2D eigenvalue weighted by atomic mass is 10.1. The second-order valence-electron chi connectivity index (χ2n) is 5.16. The Morgan fingerprint density at radius 2 is 2.00 bits per heavy atom. The van der Waals surface area contributed by atoms with Gasteiger partial charge in [-0.05, 0) is 16.8 Å². The Morgan fingerprint density at radius 1 is 1.13 bits per heavy atom. The largest absolute Gasteiger partial charge is 0.275 e. The summed E-state index contributed by atoms with van der Waals surface area (Å²) in [5, 5.41) is 11.5. The van der Waals surface area contributed by atoms with Crippen molar-refractivity contribution < 1.29 is 4.79 Å². The van der Waals surface area contributed by atoms with Gasteiger partial charge < -0.3 is 0 Å². The lowest BCUT2D eigenvalue weighted by Crippen LogP contribution is -2.38. The number of hydrogen-bond acceptors (Lipinski definition) is 6. The van der Waals surface area contributed by atoms with E-state index in [1.54, 1.807) is 15.8 Å². The highest BCUT2D eigenvalue weighted by Crippen LogP contribution is 2.24. The van der Waals surface area contributed by atoms with E-state index in [1.165, 1.54) is 6.33 Å². The van der Waals surface area contributed by atoms with Crippen LogP contribution < -0.4 is 4.90 Å². The van der Waals surface area contributed by atoms with Crippen molar-refractivity contribution in [2.24, 2.45) is 0 Å². The summed E-state index contributed by atoms with van der Waals surface area (Å²) in [7, 11) is 0. The van der Waals surface area contributed by atoms with E-state index in [2.05, 4.69) is 25.5 Å². The Morgan fingerprint density at radius 3 is 2.87 bits per heavy atom. The van der Waals surface area contributed by atoms with Crippen molar-refractivity contribution in [3.63, 3.8) is 0 Å². The van der Waals surface area contributed by atoms with Gasteiger partial charge in [-0.2, -0.15) is 0 Å². The normalized spacial score (nSPS) is 13.7. The van der Waals surface area contributed by atoms with Crippen molar-refractivity contribution >= 4 is 11.9 Å². The molecule has 2 aromatic heterocycles. The van der Waals surface area contributed by atoms with Gasteiger partial charge in [0.25, 0.3) is 11.9 Å². The first kappa shape index (κ1) is 13.5. The number of rotatable bonds is 2. The molecule has 1 amide bonds. The van der Waals surface area contributed by atoms with E-state index in [9.17, 15) is 4.79 Å². The summed E-state index contributed by atoms with van der Waals surface area (Å²) in [6, 6.07) is 9.57. The summed E-state index contributed by atoms with van der Waals surface area (Å²) in [4.78, 5) is 22.9. The molecule has 4 rings (SSSR count). The number of anilines is 1. The minimum Gasteiger partial charge on any atom is -0.275 e. The smallest absolute Gasteiger partial charge is 0.264 e. The molecule has 0 bridgehead atoms. The van der Waals surface area contributed by atoms with Gasteiger partial charge in [0.15, 0.2) is 0 Å². The van der Waals surface area contributed by atoms with Gasteiger partial charge in [-0.3, -0.25) is 9.69 Å². The van der Waals surface area contributed by atoms with Gasteiger partial charge >= 0.3 is 0 Å².